The Hall–Kier alpha value is 0.644. The molecule has 0 rings (SSSR count). The molecule has 4 atom stereocenters. The van der Waals surface area contributed by atoms with Gasteiger partial charge in [0.15, 0.2) is 16.6 Å². The number of aliphatic hydroxyl groups is 4. The molecule has 0 aromatic heterocycles. The molecule has 54 heavy (non-hydrogen) atoms. The molecule has 0 spiro atoms. The van der Waals surface area contributed by atoms with Crippen LogP contribution in [0.1, 0.15) is 103 Å². The van der Waals surface area contributed by atoms with E-state index in [1.165, 1.54) is 83.5 Å². The third-order valence-corrected chi connectivity index (χ3v) is 27.0. The molecule has 0 bridgehead atoms. The monoisotopic (exact) mass is 861 g/mol. The molecule has 0 saturated heterocycles. The number of aliphatic hydroxyl groups excluding tert-OH is 4. The normalized spacial score (nSPS) is 16.9. The lowest BCUT2D eigenvalue weighted by molar-refractivity contribution is -0.0874. The summed E-state index contributed by atoms with van der Waals surface area (Å²) in [6.45, 7) is 24.2. The Labute approximate surface area is 337 Å². The molecule has 0 saturated carbocycles. The lowest BCUT2D eigenvalue weighted by atomic mass is 10.0. The Morgan fingerprint density at radius 3 is 1.24 bits per heavy atom. The van der Waals surface area contributed by atoms with Crippen LogP contribution in [0.2, 0.25) is 77.6 Å². The zero-order chi connectivity index (χ0) is 41.2. The third-order valence-electron chi connectivity index (χ3n) is 8.73. The number of rotatable bonds is 38. The fraction of sp³-hybridized carbons (Fsp3) is 1.00. The first kappa shape index (κ1) is 54.6. The smallest absolute Gasteiger partial charge is 0.317 e. The first-order valence-corrected chi connectivity index (χ1v) is 36.0. The third kappa shape index (κ3) is 32.6. The van der Waals surface area contributed by atoms with Crippen LogP contribution in [-0.2, 0) is 30.7 Å². The van der Waals surface area contributed by atoms with E-state index < -0.39 is 60.6 Å². The van der Waals surface area contributed by atoms with Crippen LogP contribution in [-0.4, -0.2) is 127 Å². The second kappa shape index (κ2) is 29.8. The predicted octanol–water partition coefficient (Wildman–Crippen LogP) is 8.56. The van der Waals surface area contributed by atoms with Gasteiger partial charge in [-0.25, -0.2) is 0 Å². The van der Waals surface area contributed by atoms with Crippen LogP contribution in [0.25, 0.3) is 0 Å². The average Bonchev–Trinajstić information content (AvgIpc) is 3.03. The number of hydrogen-bond donors (Lipinski definition) is 4. The van der Waals surface area contributed by atoms with E-state index >= 15 is 0 Å². The van der Waals surface area contributed by atoms with Gasteiger partial charge in [-0.2, -0.15) is 0 Å². The Balaban J connectivity index is 5.45. The topological polar surface area (TPSA) is 146 Å². The highest BCUT2D eigenvalue weighted by Crippen LogP contribution is 2.32. The zero-order valence-corrected chi connectivity index (χ0v) is 41.8. The molecule has 0 fully saturated rings. The number of hydrogen-bond acceptors (Lipinski definition) is 11. The summed E-state index contributed by atoms with van der Waals surface area (Å²) in [7, 11) is -11.8. The summed E-state index contributed by atoms with van der Waals surface area (Å²) in [5.41, 5.74) is 0. The van der Waals surface area contributed by atoms with Crippen LogP contribution < -0.4 is 0 Å². The molecule has 0 heterocycles. The standard InChI is InChI=1S/C38H88O11Si5/c1-12-13-14-15-16-17-18-19-20-21-22-23-24-25-28-54(11,48-52(8,9)46-50(2,3)4)49-53(10,47-51(5,6)7)29-26-27-45-38(34-43-32-36(41)30-39)35-44-33-37(42)31-40/h36-42H,12-35H2,1-11H3. The van der Waals surface area contributed by atoms with Gasteiger partial charge < -0.3 is 51.1 Å². The van der Waals surface area contributed by atoms with E-state index in [0.29, 0.717) is 13.0 Å². The highest BCUT2D eigenvalue weighted by atomic mass is 28.5. The summed E-state index contributed by atoms with van der Waals surface area (Å²) in [6, 6.07) is 1.65. The summed E-state index contributed by atoms with van der Waals surface area (Å²) < 4.78 is 45.4. The number of ether oxygens (including phenoxy) is 3. The van der Waals surface area contributed by atoms with E-state index in [-0.39, 0.29) is 39.6 Å². The predicted molar refractivity (Wildman–Crippen MR) is 234 cm³/mol. The quantitative estimate of drug-likeness (QED) is 0.0350. The fourth-order valence-corrected chi connectivity index (χ4v) is 30.7. The zero-order valence-electron chi connectivity index (χ0n) is 36.8. The minimum Gasteiger partial charge on any atom is -0.437 e. The van der Waals surface area contributed by atoms with E-state index in [2.05, 4.69) is 72.4 Å². The van der Waals surface area contributed by atoms with Crippen LogP contribution >= 0.6 is 0 Å². The van der Waals surface area contributed by atoms with E-state index in [0.717, 1.165) is 18.5 Å². The molecule has 4 N–H and O–H groups in total. The van der Waals surface area contributed by atoms with E-state index in [4.69, 9.17) is 40.9 Å². The van der Waals surface area contributed by atoms with Crippen LogP contribution in [0.4, 0.5) is 0 Å². The van der Waals surface area contributed by atoms with Crippen molar-refractivity contribution in [3.05, 3.63) is 0 Å². The lowest BCUT2D eigenvalue weighted by Crippen LogP contribution is -2.60. The molecule has 0 amide bonds. The first-order chi connectivity index (χ1) is 25.2. The van der Waals surface area contributed by atoms with Crippen LogP contribution in [0.5, 0.6) is 0 Å². The first-order valence-electron chi connectivity index (χ1n) is 21.3. The summed E-state index contributed by atoms with van der Waals surface area (Å²) in [5.74, 6) is 0. The van der Waals surface area contributed by atoms with E-state index in [9.17, 15) is 10.2 Å². The SMILES string of the molecule is CCCCCCCCCCCCCCCC[Si](C)(O[Si](C)(C)O[Si](C)(C)C)O[Si](C)(CCCOC(COCC(O)CO)COCC(O)CO)O[Si](C)(C)C. The van der Waals surface area contributed by atoms with Crippen LogP contribution in [0.15, 0.2) is 0 Å². The van der Waals surface area contributed by atoms with E-state index in [1.54, 1.807) is 0 Å². The Morgan fingerprint density at radius 1 is 0.444 bits per heavy atom. The highest BCUT2D eigenvalue weighted by Gasteiger charge is 2.48. The van der Waals surface area contributed by atoms with Crippen molar-refractivity contribution in [3.8, 4) is 0 Å². The molecule has 16 heteroatoms. The summed E-state index contributed by atoms with van der Waals surface area (Å²) >= 11 is 0. The fourth-order valence-electron chi connectivity index (χ4n) is 6.83. The Kier molecular flexibility index (Phi) is 30.1. The van der Waals surface area contributed by atoms with Gasteiger partial charge in [-0.3, -0.25) is 0 Å². The van der Waals surface area contributed by atoms with Gasteiger partial charge in [0.25, 0.3) is 0 Å². The summed E-state index contributed by atoms with van der Waals surface area (Å²) in [5, 5.41) is 37.6. The summed E-state index contributed by atoms with van der Waals surface area (Å²) in [6.07, 6.45) is 16.8. The van der Waals surface area contributed by atoms with Gasteiger partial charge in [-0.05, 0) is 84.0 Å². The molecule has 0 aromatic rings. The second-order valence-corrected chi connectivity index (χ2v) is 38.0. The van der Waals surface area contributed by atoms with Gasteiger partial charge in [0.05, 0.1) is 39.6 Å². The molecule has 4 unspecified atom stereocenters. The maximum Gasteiger partial charge on any atom is 0.317 e. The van der Waals surface area contributed by atoms with Crippen molar-refractivity contribution in [3.63, 3.8) is 0 Å². The second-order valence-electron chi connectivity index (χ2n) is 18.0. The molecule has 11 nitrogen and oxygen atoms in total. The number of unbranched alkanes of at least 4 members (excludes halogenated alkanes) is 13. The van der Waals surface area contributed by atoms with Gasteiger partial charge >= 0.3 is 25.7 Å². The van der Waals surface area contributed by atoms with Crippen molar-refractivity contribution in [2.24, 2.45) is 0 Å². The van der Waals surface area contributed by atoms with Gasteiger partial charge in [0, 0.05) is 6.61 Å². The van der Waals surface area contributed by atoms with Crippen LogP contribution in [0.3, 0.4) is 0 Å². The maximum absolute atomic E-state index is 9.69. The van der Waals surface area contributed by atoms with E-state index in [1.807, 2.05) is 0 Å². The molecule has 326 valence electrons. The largest absolute Gasteiger partial charge is 0.437 e. The summed E-state index contributed by atoms with van der Waals surface area (Å²) in [4.78, 5) is 0. The van der Waals surface area contributed by atoms with Gasteiger partial charge in [0.1, 0.15) is 18.3 Å². The Bertz CT molecular complexity index is 881. The Morgan fingerprint density at radius 2 is 0.833 bits per heavy atom. The molecular weight excluding hydrogens is 773 g/mol. The molecule has 0 radical (unpaired) electrons. The average molecular weight is 862 g/mol. The molecular formula is C38H88O11Si5. The molecule has 0 aromatic carbocycles. The van der Waals surface area contributed by atoms with Gasteiger partial charge in [-0.1, -0.05) is 96.8 Å². The van der Waals surface area contributed by atoms with Crippen molar-refractivity contribution in [2.45, 2.75) is 199 Å². The molecule has 0 aliphatic carbocycles. The van der Waals surface area contributed by atoms with Gasteiger partial charge in [0.2, 0.25) is 0 Å². The van der Waals surface area contributed by atoms with Crippen molar-refractivity contribution in [1.82, 2.24) is 0 Å². The lowest BCUT2D eigenvalue weighted by Gasteiger charge is -2.44. The molecule has 0 aliphatic heterocycles. The van der Waals surface area contributed by atoms with Crippen molar-refractivity contribution in [2.75, 3.05) is 46.2 Å². The molecule has 0 aliphatic rings. The van der Waals surface area contributed by atoms with Crippen molar-refractivity contribution in [1.29, 1.82) is 0 Å². The van der Waals surface area contributed by atoms with Crippen molar-refractivity contribution >= 4 is 42.3 Å². The maximum atomic E-state index is 9.69. The van der Waals surface area contributed by atoms with Crippen LogP contribution in [0, 0.1) is 0 Å². The van der Waals surface area contributed by atoms with Gasteiger partial charge in [-0.15, -0.1) is 0 Å². The minimum atomic E-state index is -2.74. The van der Waals surface area contributed by atoms with Crippen molar-refractivity contribution < 1.29 is 51.1 Å². The minimum absolute atomic E-state index is 0.0257. The highest BCUT2D eigenvalue weighted by molar-refractivity contribution is 6.90.